The molecule has 32 heavy (non-hydrogen) atoms. The molecule has 3 aromatic rings. The van der Waals surface area contributed by atoms with E-state index in [2.05, 4.69) is 17.0 Å². The first-order chi connectivity index (χ1) is 15.7. The first-order valence-electron chi connectivity index (χ1n) is 10.8. The molecule has 3 heterocycles. The summed E-state index contributed by atoms with van der Waals surface area (Å²) in [5.74, 6) is 1.47. The fourth-order valence-electron chi connectivity index (χ4n) is 4.04. The molecule has 0 aliphatic carbocycles. The maximum atomic E-state index is 13.3. The van der Waals surface area contributed by atoms with Gasteiger partial charge in [-0.2, -0.15) is 0 Å². The van der Waals surface area contributed by atoms with Crippen LogP contribution in [0.3, 0.4) is 0 Å². The number of carbonyl (C=O) groups excluding carboxylic acids is 1. The molecule has 0 radical (unpaired) electrons. The van der Waals surface area contributed by atoms with E-state index < -0.39 is 0 Å². The quantitative estimate of drug-likeness (QED) is 0.584. The highest BCUT2D eigenvalue weighted by Crippen LogP contribution is 2.40. The molecule has 1 atom stereocenters. The van der Waals surface area contributed by atoms with E-state index in [1.165, 1.54) is 0 Å². The summed E-state index contributed by atoms with van der Waals surface area (Å²) in [5.41, 5.74) is 2.22. The molecule has 0 bridgehead atoms. The van der Waals surface area contributed by atoms with Crippen molar-refractivity contribution in [1.82, 2.24) is 4.90 Å². The van der Waals surface area contributed by atoms with Crippen molar-refractivity contribution in [1.29, 1.82) is 0 Å². The van der Waals surface area contributed by atoms with Crippen molar-refractivity contribution < 1.29 is 19.0 Å². The van der Waals surface area contributed by atoms with Crippen LogP contribution in [0.1, 0.15) is 9.67 Å². The van der Waals surface area contributed by atoms with Gasteiger partial charge in [-0.3, -0.25) is 4.79 Å². The molecule has 6 nitrogen and oxygen atoms in total. The molecule has 0 spiro atoms. The van der Waals surface area contributed by atoms with E-state index in [4.69, 9.17) is 14.2 Å². The highest BCUT2D eigenvalue weighted by molar-refractivity contribution is 7.18. The molecule has 2 aliphatic heterocycles. The third kappa shape index (κ3) is 4.31. The number of para-hydroxylation sites is 2. The Morgan fingerprint density at radius 2 is 1.78 bits per heavy atom. The molecule has 0 saturated carbocycles. The zero-order chi connectivity index (χ0) is 21.9. The second kappa shape index (κ2) is 9.22. The molecule has 1 saturated heterocycles. The number of nitrogens with zero attached hydrogens (tertiary/aromatic N) is 2. The second-order valence-corrected chi connectivity index (χ2v) is 9.01. The Bertz CT molecular complexity index is 1080. The smallest absolute Gasteiger partial charge is 0.263 e. The van der Waals surface area contributed by atoms with Crippen molar-refractivity contribution in [3.05, 3.63) is 65.5 Å². The van der Waals surface area contributed by atoms with E-state index in [-0.39, 0.29) is 12.0 Å². The Balaban J connectivity index is 1.35. The van der Waals surface area contributed by atoms with Gasteiger partial charge in [0.2, 0.25) is 0 Å². The zero-order valence-corrected chi connectivity index (χ0v) is 18.8. The van der Waals surface area contributed by atoms with Crippen LogP contribution in [-0.2, 0) is 4.74 Å². The lowest BCUT2D eigenvalue weighted by Gasteiger charge is -2.29. The van der Waals surface area contributed by atoms with E-state index in [1.54, 1.807) is 16.2 Å². The van der Waals surface area contributed by atoms with Gasteiger partial charge in [-0.1, -0.05) is 42.5 Å². The first-order valence-corrected chi connectivity index (χ1v) is 11.7. The number of morpholine rings is 1. The van der Waals surface area contributed by atoms with Crippen LogP contribution in [0.4, 0.5) is 5.00 Å². The lowest BCUT2D eigenvalue weighted by atomic mass is 10.1. The van der Waals surface area contributed by atoms with Crippen molar-refractivity contribution in [2.45, 2.75) is 6.10 Å². The van der Waals surface area contributed by atoms with Crippen molar-refractivity contribution >= 4 is 22.2 Å². The molecule has 1 amide bonds. The number of ether oxygens (including phenoxy) is 3. The second-order valence-electron chi connectivity index (χ2n) is 7.98. The highest BCUT2D eigenvalue weighted by Gasteiger charge is 2.27. The number of amides is 1. The minimum Gasteiger partial charge on any atom is -0.486 e. The Morgan fingerprint density at radius 3 is 2.56 bits per heavy atom. The van der Waals surface area contributed by atoms with Crippen molar-refractivity contribution in [3.63, 3.8) is 0 Å². The average molecular weight is 451 g/mol. The zero-order valence-electron chi connectivity index (χ0n) is 18.0. The van der Waals surface area contributed by atoms with Crippen LogP contribution in [-0.4, -0.2) is 63.4 Å². The van der Waals surface area contributed by atoms with Gasteiger partial charge in [-0.05, 0) is 23.8 Å². The monoisotopic (exact) mass is 450 g/mol. The molecule has 1 aromatic heterocycles. The molecule has 7 heteroatoms. The predicted molar refractivity (Wildman–Crippen MR) is 126 cm³/mol. The van der Waals surface area contributed by atoms with Gasteiger partial charge in [0, 0.05) is 25.7 Å². The number of fused-ring (bicyclic) bond motifs is 1. The van der Waals surface area contributed by atoms with E-state index >= 15 is 0 Å². The van der Waals surface area contributed by atoms with Gasteiger partial charge >= 0.3 is 0 Å². The summed E-state index contributed by atoms with van der Waals surface area (Å²) in [4.78, 5) is 18.1. The van der Waals surface area contributed by atoms with Crippen LogP contribution in [0.5, 0.6) is 11.5 Å². The number of likely N-dealkylation sites (N-methyl/N-ethyl adjacent to an activating group) is 1. The normalized spacial score (nSPS) is 17.8. The van der Waals surface area contributed by atoms with Crippen LogP contribution < -0.4 is 14.4 Å². The molecule has 1 unspecified atom stereocenters. The van der Waals surface area contributed by atoms with Crippen LogP contribution >= 0.6 is 11.3 Å². The van der Waals surface area contributed by atoms with Crippen LogP contribution in [0.2, 0.25) is 0 Å². The summed E-state index contributed by atoms with van der Waals surface area (Å²) in [5, 5.41) is 1.13. The number of carbonyl (C=O) groups is 1. The first kappa shape index (κ1) is 20.8. The Morgan fingerprint density at radius 1 is 1.06 bits per heavy atom. The Labute approximate surface area is 191 Å². The van der Waals surface area contributed by atoms with Crippen molar-refractivity contribution in [2.24, 2.45) is 0 Å². The standard InChI is InChI=1S/C25H26N2O4S/c1-26(16-19-17-30-21-9-5-6-10-22(21)31-19)24(28)23-15-20(18-7-3-2-4-8-18)25(32-23)27-11-13-29-14-12-27/h2-10,15,19H,11-14,16-17H2,1H3. The van der Waals surface area contributed by atoms with Crippen molar-refractivity contribution in [2.75, 3.05) is 51.4 Å². The van der Waals surface area contributed by atoms with E-state index in [1.807, 2.05) is 55.6 Å². The third-order valence-electron chi connectivity index (χ3n) is 5.70. The minimum atomic E-state index is -0.203. The number of anilines is 1. The number of benzene rings is 2. The third-order valence-corrected chi connectivity index (χ3v) is 6.88. The fraction of sp³-hybridized carbons (Fsp3) is 0.320. The van der Waals surface area contributed by atoms with Gasteiger partial charge in [0.15, 0.2) is 17.6 Å². The van der Waals surface area contributed by atoms with Gasteiger partial charge < -0.3 is 24.0 Å². The summed E-state index contributed by atoms with van der Waals surface area (Å²) in [6.45, 7) is 3.95. The fourth-order valence-corrected chi connectivity index (χ4v) is 5.27. The van der Waals surface area contributed by atoms with Crippen LogP contribution in [0.25, 0.3) is 11.1 Å². The van der Waals surface area contributed by atoms with E-state index in [9.17, 15) is 4.79 Å². The summed E-state index contributed by atoms with van der Waals surface area (Å²) in [7, 11) is 1.82. The predicted octanol–water partition coefficient (Wildman–Crippen LogP) is 4.16. The van der Waals surface area contributed by atoms with Crippen LogP contribution in [0.15, 0.2) is 60.7 Å². The molecule has 2 aliphatic rings. The molecule has 2 aromatic carbocycles. The average Bonchev–Trinajstić information content (AvgIpc) is 3.30. The van der Waals surface area contributed by atoms with Gasteiger partial charge in [0.1, 0.15) is 6.61 Å². The molecule has 0 N–H and O–H groups in total. The minimum absolute atomic E-state index is 0.00542. The number of thiophene rings is 1. The maximum Gasteiger partial charge on any atom is 0.263 e. The molecule has 166 valence electrons. The van der Waals surface area contributed by atoms with E-state index in [0.717, 1.165) is 45.6 Å². The molecule has 5 rings (SSSR count). The van der Waals surface area contributed by atoms with E-state index in [0.29, 0.717) is 26.4 Å². The number of rotatable bonds is 5. The highest BCUT2D eigenvalue weighted by atomic mass is 32.1. The molecule has 1 fully saturated rings. The lowest BCUT2D eigenvalue weighted by Crippen LogP contribution is -2.41. The van der Waals surface area contributed by atoms with Crippen molar-refractivity contribution in [3.8, 4) is 22.6 Å². The Kier molecular flexibility index (Phi) is 6.01. The lowest BCUT2D eigenvalue weighted by molar-refractivity contribution is 0.0524. The molecular weight excluding hydrogens is 424 g/mol. The Hall–Kier alpha value is -3.03. The summed E-state index contributed by atoms with van der Waals surface area (Å²) < 4.78 is 17.4. The number of hydrogen-bond donors (Lipinski definition) is 0. The van der Waals surface area contributed by atoms with Gasteiger partial charge in [-0.25, -0.2) is 0 Å². The largest absolute Gasteiger partial charge is 0.486 e. The van der Waals surface area contributed by atoms with Crippen LogP contribution in [0, 0.1) is 0 Å². The summed E-state index contributed by atoms with van der Waals surface area (Å²) in [6.07, 6.45) is -0.203. The van der Waals surface area contributed by atoms with Gasteiger partial charge in [0.05, 0.1) is 29.6 Å². The SMILES string of the molecule is CN(CC1COc2ccccc2O1)C(=O)c1cc(-c2ccccc2)c(N2CCOCC2)s1. The van der Waals surface area contributed by atoms with Gasteiger partial charge in [0.25, 0.3) is 5.91 Å². The topological polar surface area (TPSA) is 51.2 Å². The summed E-state index contributed by atoms with van der Waals surface area (Å²) in [6, 6.07) is 19.9. The molecular formula is C25H26N2O4S. The van der Waals surface area contributed by atoms with Gasteiger partial charge in [-0.15, -0.1) is 11.3 Å². The maximum absolute atomic E-state index is 13.3. The summed E-state index contributed by atoms with van der Waals surface area (Å²) >= 11 is 1.55. The number of hydrogen-bond acceptors (Lipinski definition) is 6.